The molecule has 1 aliphatic rings. The summed E-state index contributed by atoms with van der Waals surface area (Å²) >= 11 is 0. The summed E-state index contributed by atoms with van der Waals surface area (Å²) in [6, 6.07) is 30.4. The van der Waals surface area contributed by atoms with Gasteiger partial charge in [0.2, 0.25) is 0 Å². The van der Waals surface area contributed by atoms with Crippen molar-refractivity contribution in [3.05, 3.63) is 95.6 Å². The minimum Gasteiger partial charge on any atom is -0.147 e. The Bertz CT molecular complexity index is 1520. The molecule has 0 spiro atoms. The Morgan fingerprint density at radius 3 is 2.32 bits per heavy atom. The van der Waals surface area contributed by atoms with E-state index >= 15 is 0 Å². The van der Waals surface area contributed by atoms with Gasteiger partial charge in [0, 0.05) is 8.07 Å². The first-order valence-electron chi connectivity index (χ1n) is 13.5. The quantitative estimate of drug-likeness (QED) is 0.255. The van der Waals surface area contributed by atoms with E-state index in [1.165, 1.54) is 64.8 Å². The fraction of sp³-hybridized carbons (Fsp3) is 0.294. The van der Waals surface area contributed by atoms with Crippen molar-refractivity contribution in [1.29, 1.82) is 0 Å². The smallest absolute Gasteiger partial charge is 0.147 e. The van der Waals surface area contributed by atoms with Crippen LogP contribution in [0.4, 0.5) is 0 Å². The molecule has 0 bridgehead atoms. The molecule has 5 aromatic rings. The van der Waals surface area contributed by atoms with Crippen molar-refractivity contribution in [2.75, 3.05) is 0 Å². The van der Waals surface area contributed by atoms with Gasteiger partial charge in [0.05, 0.1) is 0 Å². The summed E-state index contributed by atoms with van der Waals surface area (Å²) in [7, 11) is -1.94. The maximum absolute atomic E-state index is 2.60. The van der Waals surface area contributed by atoms with Gasteiger partial charge in [-0.15, -0.1) is 75.2 Å². The van der Waals surface area contributed by atoms with Crippen molar-refractivity contribution in [2.45, 2.75) is 65.0 Å². The Morgan fingerprint density at radius 1 is 0.811 bits per heavy atom. The second kappa shape index (κ2) is 11.2. The maximum Gasteiger partial charge on any atom is 1.00 e. The van der Waals surface area contributed by atoms with Crippen LogP contribution in [0.3, 0.4) is 0 Å². The molecule has 0 N–H and O–H groups in total. The average Bonchev–Trinajstić information content (AvgIpc) is 3.60. The molecular formula is C34H36Li2Si. The van der Waals surface area contributed by atoms with Gasteiger partial charge in [-0.2, -0.15) is 0 Å². The van der Waals surface area contributed by atoms with Gasteiger partial charge in [-0.1, -0.05) is 110 Å². The van der Waals surface area contributed by atoms with Gasteiger partial charge in [-0.3, -0.25) is 0 Å². The van der Waals surface area contributed by atoms with Crippen molar-refractivity contribution < 1.29 is 37.7 Å². The van der Waals surface area contributed by atoms with E-state index in [1.807, 2.05) is 0 Å². The third-order valence-electron chi connectivity index (χ3n) is 8.64. The van der Waals surface area contributed by atoms with Crippen LogP contribution in [0.1, 0.15) is 55.7 Å². The van der Waals surface area contributed by atoms with Crippen LogP contribution < -0.4 is 48.1 Å². The van der Waals surface area contributed by atoms with Crippen molar-refractivity contribution in [1.82, 2.24) is 0 Å². The van der Waals surface area contributed by atoms with Gasteiger partial charge < -0.3 is 0 Å². The molecule has 1 aliphatic carbocycles. The van der Waals surface area contributed by atoms with E-state index in [2.05, 4.69) is 106 Å². The Balaban J connectivity index is 0.00000160. The summed E-state index contributed by atoms with van der Waals surface area (Å²) in [5, 5.41) is 9.15. The number of fused-ring (bicyclic) bond motifs is 3. The summed E-state index contributed by atoms with van der Waals surface area (Å²) in [5.41, 5.74) is 7.60. The minimum absolute atomic E-state index is 0. The Labute approximate surface area is 248 Å². The molecule has 6 rings (SSSR count). The molecular weight excluding hydrogens is 450 g/mol. The monoisotopic (exact) mass is 486 g/mol. The van der Waals surface area contributed by atoms with Crippen LogP contribution in [0, 0.1) is 0 Å². The molecule has 3 heteroatoms. The zero-order chi connectivity index (χ0) is 24.2. The van der Waals surface area contributed by atoms with E-state index in [9.17, 15) is 0 Å². The summed E-state index contributed by atoms with van der Waals surface area (Å²) in [6.45, 7) is 9.87. The molecule has 0 nitrogen and oxygen atoms in total. The second-order valence-electron chi connectivity index (χ2n) is 11.2. The topological polar surface area (TPSA) is 0 Å². The zero-order valence-corrected chi connectivity index (χ0v) is 24.6. The van der Waals surface area contributed by atoms with Crippen molar-refractivity contribution in [3.8, 4) is 11.1 Å². The molecule has 178 valence electrons. The number of rotatable bonds is 6. The average molecular weight is 487 g/mol. The molecule has 0 fully saturated rings. The van der Waals surface area contributed by atoms with Gasteiger partial charge in [-0.25, -0.2) is 0 Å². The van der Waals surface area contributed by atoms with E-state index in [0.717, 1.165) is 0 Å². The Morgan fingerprint density at radius 2 is 1.57 bits per heavy atom. The number of benzene rings is 3. The third-order valence-corrected chi connectivity index (χ3v) is 12.2. The molecule has 0 heterocycles. The van der Waals surface area contributed by atoms with Crippen molar-refractivity contribution >= 4 is 40.0 Å². The summed E-state index contributed by atoms with van der Waals surface area (Å²) < 4.78 is 0. The zero-order valence-electron chi connectivity index (χ0n) is 23.6. The van der Waals surface area contributed by atoms with Gasteiger partial charge in [0.1, 0.15) is 0 Å². The second-order valence-corrected chi connectivity index (χ2v) is 15.5. The number of hydrogen-bond donors (Lipinski definition) is 0. The molecule has 0 aromatic heterocycles. The van der Waals surface area contributed by atoms with E-state index in [4.69, 9.17) is 0 Å². The number of hydrogen-bond acceptors (Lipinski definition) is 0. The summed E-state index contributed by atoms with van der Waals surface area (Å²) in [5.74, 6) is 0.604. The molecule has 0 saturated heterocycles. The Kier molecular flexibility index (Phi) is 8.56. The van der Waals surface area contributed by atoms with Gasteiger partial charge in [-0.05, 0) is 18.8 Å². The van der Waals surface area contributed by atoms with Crippen LogP contribution >= 0.6 is 0 Å². The first-order chi connectivity index (χ1) is 17.0. The van der Waals surface area contributed by atoms with Gasteiger partial charge >= 0.3 is 37.7 Å². The van der Waals surface area contributed by atoms with Crippen LogP contribution in [-0.4, -0.2) is 8.07 Å². The normalized spacial score (nSPS) is 13.8. The van der Waals surface area contributed by atoms with Crippen LogP contribution in [0.25, 0.3) is 32.7 Å². The van der Waals surface area contributed by atoms with E-state index in [0.29, 0.717) is 5.92 Å². The predicted octanol–water partition coefficient (Wildman–Crippen LogP) is 2.32. The van der Waals surface area contributed by atoms with E-state index < -0.39 is 8.07 Å². The predicted molar refractivity (Wildman–Crippen MR) is 157 cm³/mol. The van der Waals surface area contributed by atoms with Crippen LogP contribution in [0.2, 0.25) is 13.1 Å². The number of aryl methyl sites for hydroxylation is 1. The molecule has 0 aliphatic heterocycles. The van der Waals surface area contributed by atoms with E-state index in [1.54, 1.807) is 27.1 Å². The summed E-state index contributed by atoms with van der Waals surface area (Å²) in [6.07, 6.45) is 6.20. The fourth-order valence-corrected chi connectivity index (χ4v) is 9.91. The van der Waals surface area contributed by atoms with Crippen molar-refractivity contribution in [3.63, 3.8) is 0 Å². The molecule has 0 radical (unpaired) electrons. The van der Waals surface area contributed by atoms with Crippen LogP contribution in [0.5, 0.6) is 0 Å². The SMILES string of the molecule is CCCC(C)c1cc([Si](C)(C)c2cc[c-]3c(-c4ccccc4)c4c(cc23)CCC4)c2cccc[c-]12.[Li+].[Li+]. The third kappa shape index (κ3) is 4.69. The van der Waals surface area contributed by atoms with E-state index in [-0.39, 0.29) is 37.7 Å². The Hall–Kier alpha value is -1.71. The van der Waals surface area contributed by atoms with Gasteiger partial charge in [0.15, 0.2) is 0 Å². The first-order valence-corrected chi connectivity index (χ1v) is 16.5. The molecule has 37 heavy (non-hydrogen) atoms. The molecule has 5 aromatic carbocycles. The van der Waals surface area contributed by atoms with Crippen LogP contribution in [-0.2, 0) is 12.8 Å². The largest absolute Gasteiger partial charge is 1.00 e. The molecule has 1 unspecified atom stereocenters. The van der Waals surface area contributed by atoms with Crippen molar-refractivity contribution in [2.24, 2.45) is 0 Å². The fourth-order valence-electron chi connectivity index (χ4n) is 6.83. The summed E-state index contributed by atoms with van der Waals surface area (Å²) in [4.78, 5) is 0. The minimum atomic E-state index is -1.94. The standard InChI is InChI=1S/C34H36Si.2Li/c1-5-12-23(2)30-22-33(28-17-10-9-16-27(28)30)35(3,4)32-20-19-29-31(32)21-25-15-11-18-26(25)34(29)24-13-7-6-8-14-24;;/h6-10,13-14,16-17,19-23H,5,11-12,15,18H2,1-4H3;;/q-2;2*+1. The van der Waals surface area contributed by atoms with Gasteiger partial charge in [0.25, 0.3) is 0 Å². The molecule has 0 saturated carbocycles. The maximum atomic E-state index is 2.60. The first kappa shape index (κ1) is 28.3. The molecule has 0 amide bonds. The van der Waals surface area contributed by atoms with Crippen LogP contribution in [0.15, 0.2) is 78.9 Å². The molecule has 1 atom stereocenters.